The van der Waals surface area contributed by atoms with Gasteiger partial charge in [-0.15, -0.1) is 0 Å². The van der Waals surface area contributed by atoms with Gasteiger partial charge in [-0.05, 0) is 24.5 Å². The van der Waals surface area contributed by atoms with Crippen molar-refractivity contribution in [3.8, 4) is 0 Å². The highest BCUT2D eigenvalue weighted by atomic mass is 19.4. The van der Waals surface area contributed by atoms with Gasteiger partial charge in [-0.25, -0.2) is 0 Å². The summed E-state index contributed by atoms with van der Waals surface area (Å²) in [6.45, 7) is 0.602. The second-order valence-corrected chi connectivity index (χ2v) is 7.28. The molecule has 0 bridgehead atoms. The van der Waals surface area contributed by atoms with Crippen LogP contribution in [0, 0.1) is 0 Å². The number of rotatable bonds is 4. The maximum absolute atomic E-state index is 13.6. The van der Waals surface area contributed by atoms with Crippen LogP contribution in [0.4, 0.5) is 32.0 Å². The van der Waals surface area contributed by atoms with Crippen LogP contribution in [0.1, 0.15) is 24.1 Å². The molecule has 1 aliphatic heterocycles. The molecule has 1 fully saturated rings. The number of hydrogen-bond acceptors (Lipinski definition) is 3. The minimum Gasteiger partial charge on any atom is -0.387 e. The van der Waals surface area contributed by atoms with E-state index in [0.717, 1.165) is 10.6 Å². The van der Waals surface area contributed by atoms with Gasteiger partial charge in [-0.2, -0.15) is 26.3 Å². The molecule has 1 aromatic heterocycles. The first-order chi connectivity index (χ1) is 14.5. The number of ketones is 1. The molecular weight excluding hydrogens is 424 g/mol. The molecule has 0 unspecified atom stereocenters. The molecule has 0 saturated carbocycles. The highest BCUT2D eigenvalue weighted by Gasteiger charge is 2.37. The van der Waals surface area contributed by atoms with Gasteiger partial charge in [0.25, 0.3) is 5.78 Å². The fourth-order valence-corrected chi connectivity index (χ4v) is 3.39. The summed E-state index contributed by atoms with van der Waals surface area (Å²) in [5.74, 6) is -2.01. The van der Waals surface area contributed by atoms with Gasteiger partial charge >= 0.3 is 12.4 Å². The van der Waals surface area contributed by atoms with Gasteiger partial charge < -0.3 is 14.8 Å². The minimum absolute atomic E-state index is 0.00295. The molecule has 0 radical (unpaired) electrons. The smallest absolute Gasteiger partial charge is 0.387 e. The largest absolute Gasteiger partial charge is 0.454 e. The lowest BCUT2D eigenvalue weighted by molar-refractivity contribution is -0.165. The van der Waals surface area contributed by atoms with Crippen LogP contribution in [0.25, 0.3) is 0 Å². The number of carbonyl (C=O) groups is 1. The fourth-order valence-electron chi connectivity index (χ4n) is 3.39. The fraction of sp³-hybridized carbons (Fsp3) is 0.381. The lowest BCUT2D eigenvalue weighted by Crippen LogP contribution is -2.35. The number of allylic oxidation sites excluding steroid dienone is 1. The van der Waals surface area contributed by atoms with Crippen LogP contribution in [-0.4, -0.2) is 36.2 Å². The van der Waals surface area contributed by atoms with Crippen LogP contribution in [0.15, 0.2) is 54.4 Å². The zero-order valence-corrected chi connectivity index (χ0v) is 16.4. The Morgan fingerprint density at radius 1 is 1.06 bits per heavy atom. The monoisotopic (exact) mass is 445 g/mol. The highest BCUT2D eigenvalue weighted by Crippen LogP contribution is 2.34. The number of halogens is 6. The molecule has 10 heteroatoms. The number of carbonyl (C=O) groups excluding carboxylic acids is 1. The van der Waals surface area contributed by atoms with E-state index in [2.05, 4.69) is 5.32 Å². The third-order valence-electron chi connectivity index (χ3n) is 4.89. The van der Waals surface area contributed by atoms with Crippen LogP contribution >= 0.6 is 0 Å². The first-order valence-electron chi connectivity index (χ1n) is 9.66. The first-order valence-corrected chi connectivity index (χ1v) is 9.66. The number of hydrogen-bond donors (Lipinski definition) is 1. The van der Waals surface area contributed by atoms with Gasteiger partial charge in [0.2, 0.25) is 0 Å². The Bertz CT molecular complexity index is 931. The van der Waals surface area contributed by atoms with E-state index in [1.807, 2.05) is 0 Å². The lowest BCUT2D eigenvalue weighted by Gasteiger charge is -2.28. The molecule has 1 aromatic carbocycles. The van der Waals surface area contributed by atoms with Crippen molar-refractivity contribution in [1.82, 2.24) is 9.88 Å². The maximum Gasteiger partial charge on any atom is 0.454 e. The second-order valence-electron chi connectivity index (χ2n) is 7.28. The molecule has 4 nitrogen and oxygen atoms in total. The summed E-state index contributed by atoms with van der Waals surface area (Å²) in [5, 5.41) is 2.79. The molecule has 0 aliphatic carbocycles. The highest BCUT2D eigenvalue weighted by molar-refractivity contribution is 5.95. The van der Waals surface area contributed by atoms with Crippen molar-refractivity contribution < 1.29 is 31.1 Å². The number of nitrogens with one attached hydrogen (secondary N) is 1. The molecule has 31 heavy (non-hydrogen) atoms. The Balaban J connectivity index is 1.91. The van der Waals surface area contributed by atoms with E-state index in [1.165, 1.54) is 6.20 Å². The van der Waals surface area contributed by atoms with E-state index in [9.17, 15) is 31.1 Å². The Labute approximate surface area is 175 Å². The van der Waals surface area contributed by atoms with Crippen LogP contribution < -0.4 is 10.2 Å². The average Bonchev–Trinajstić information content (AvgIpc) is 3.08. The lowest BCUT2D eigenvalue weighted by atomic mass is 10.2. The average molecular weight is 445 g/mol. The van der Waals surface area contributed by atoms with E-state index in [1.54, 1.807) is 35.2 Å². The zero-order chi connectivity index (χ0) is 22.6. The molecule has 2 heterocycles. The number of nitrogens with zero attached hydrogens (tertiary/aromatic N) is 2. The molecule has 1 saturated heterocycles. The van der Waals surface area contributed by atoms with Gasteiger partial charge in [-0.1, -0.05) is 30.3 Å². The Hall–Kier alpha value is -2.91. The predicted molar refractivity (Wildman–Crippen MR) is 104 cm³/mol. The summed E-state index contributed by atoms with van der Waals surface area (Å²) < 4.78 is 79.9. The molecular formula is C21H21F6N3O. The molecule has 168 valence electrons. The van der Waals surface area contributed by atoms with Crippen molar-refractivity contribution in [1.29, 1.82) is 0 Å². The van der Waals surface area contributed by atoms with E-state index >= 15 is 0 Å². The van der Waals surface area contributed by atoms with Crippen molar-refractivity contribution in [3.05, 3.63) is 65.6 Å². The molecule has 0 spiro atoms. The summed E-state index contributed by atoms with van der Waals surface area (Å²) in [5.41, 5.74) is 0.0859. The van der Waals surface area contributed by atoms with E-state index < -0.39 is 23.8 Å². The third kappa shape index (κ3) is 6.05. The van der Waals surface area contributed by atoms with Gasteiger partial charge in [-0.3, -0.25) is 4.79 Å². The predicted octanol–water partition coefficient (Wildman–Crippen LogP) is 4.76. The van der Waals surface area contributed by atoms with Crippen LogP contribution in [0.5, 0.6) is 0 Å². The van der Waals surface area contributed by atoms with Gasteiger partial charge in [0.05, 0.1) is 12.2 Å². The topological polar surface area (TPSA) is 37.3 Å². The van der Waals surface area contributed by atoms with Crippen molar-refractivity contribution in [2.75, 3.05) is 24.5 Å². The molecule has 3 rings (SSSR count). The minimum atomic E-state index is -5.01. The summed E-state index contributed by atoms with van der Waals surface area (Å²) in [7, 11) is 0. The molecule has 0 atom stereocenters. The summed E-state index contributed by atoms with van der Waals surface area (Å²) >= 11 is 0. The SMILES string of the molecule is O=C(/C=C1/CN(c2cc(C(F)(F)F)n(Cc3ccccc3)c2)CCCCN1)C(F)(F)F. The van der Waals surface area contributed by atoms with Crippen molar-refractivity contribution in [3.63, 3.8) is 0 Å². The maximum atomic E-state index is 13.6. The molecule has 0 amide bonds. The van der Waals surface area contributed by atoms with Crippen molar-refractivity contribution in [2.45, 2.75) is 31.7 Å². The van der Waals surface area contributed by atoms with E-state index in [0.29, 0.717) is 37.6 Å². The third-order valence-corrected chi connectivity index (χ3v) is 4.89. The van der Waals surface area contributed by atoms with Gasteiger partial charge in [0.15, 0.2) is 0 Å². The quantitative estimate of drug-likeness (QED) is 0.545. The zero-order valence-electron chi connectivity index (χ0n) is 16.4. The summed E-state index contributed by atoms with van der Waals surface area (Å²) in [4.78, 5) is 12.9. The number of anilines is 1. The van der Waals surface area contributed by atoms with Crippen LogP contribution in [-0.2, 0) is 17.5 Å². The van der Waals surface area contributed by atoms with Crippen LogP contribution in [0.3, 0.4) is 0 Å². The van der Waals surface area contributed by atoms with E-state index in [-0.39, 0.29) is 24.5 Å². The van der Waals surface area contributed by atoms with Gasteiger partial charge in [0.1, 0.15) is 5.69 Å². The second kappa shape index (κ2) is 9.07. The summed E-state index contributed by atoms with van der Waals surface area (Å²) in [6, 6.07) is 9.64. The van der Waals surface area contributed by atoms with E-state index in [4.69, 9.17) is 0 Å². The standard InChI is InChI=1S/C21H21F6N3O/c22-20(23,24)18-11-17(14-30(18)12-15-6-2-1-3-7-15)29-9-5-4-8-28-16(13-29)10-19(31)21(25,26)27/h1-3,6-7,10-11,14,28H,4-5,8-9,12-13H2/b16-10-. The van der Waals surface area contributed by atoms with Crippen LogP contribution in [0.2, 0.25) is 0 Å². The Morgan fingerprint density at radius 3 is 2.42 bits per heavy atom. The number of benzene rings is 1. The Kier molecular flexibility index (Phi) is 6.66. The molecule has 1 aliphatic rings. The first kappa shape index (κ1) is 22.8. The van der Waals surface area contributed by atoms with Gasteiger partial charge in [0, 0.05) is 37.6 Å². The van der Waals surface area contributed by atoms with Crippen molar-refractivity contribution in [2.24, 2.45) is 0 Å². The molecule has 1 N–H and O–H groups in total. The summed E-state index contributed by atoms with van der Waals surface area (Å²) in [6.07, 6.45) is -6.54. The number of alkyl halides is 6. The molecule has 2 aromatic rings. The Morgan fingerprint density at radius 2 is 1.77 bits per heavy atom. The normalized spacial score (nSPS) is 17.2. The van der Waals surface area contributed by atoms with Crippen molar-refractivity contribution >= 4 is 11.5 Å². The number of aromatic nitrogens is 1.